The van der Waals surface area contributed by atoms with Gasteiger partial charge in [0.15, 0.2) is 0 Å². The average molecular weight is 483 g/mol. The Bertz CT molecular complexity index is 1060. The van der Waals surface area contributed by atoms with Crippen LogP contribution in [-0.2, 0) is 0 Å². The molecule has 0 fully saturated rings. The van der Waals surface area contributed by atoms with Crippen molar-refractivity contribution in [1.29, 1.82) is 0 Å². The molecule has 1 aromatic carbocycles. The van der Waals surface area contributed by atoms with Crippen LogP contribution in [0.2, 0.25) is 0 Å². The third-order valence-corrected chi connectivity index (χ3v) is 6.04. The highest BCUT2D eigenvalue weighted by atomic mass is 16.5. The minimum Gasteiger partial charge on any atom is -0.497 e. The van der Waals surface area contributed by atoms with Gasteiger partial charge in [-0.3, -0.25) is 4.79 Å². The van der Waals surface area contributed by atoms with E-state index in [1.807, 2.05) is 26.0 Å². The zero-order valence-corrected chi connectivity index (χ0v) is 20.9. The van der Waals surface area contributed by atoms with Crippen molar-refractivity contribution >= 4 is 23.7 Å². The van der Waals surface area contributed by atoms with Gasteiger partial charge in [-0.2, -0.15) is 0 Å². The Morgan fingerprint density at radius 1 is 1.40 bits per heavy atom. The number of amides is 3. The number of hydrogen-bond donors (Lipinski definition) is 2. The molecule has 2 N–H and O–H groups in total. The van der Waals surface area contributed by atoms with E-state index < -0.39 is 6.10 Å². The summed E-state index contributed by atoms with van der Waals surface area (Å²) in [7, 11) is 3.28. The fourth-order valence-electron chi connectivity index (χ4n) is 3.87. The van der Waals surface area contributed by atoms with Gasteiger partial charge in [0, 0.05) is 31.4 Å². The number of methoxy groups -OCH3 is 1. The van der Waals surface area contributed by atoms with Crippen LogP contribution in [0.1, 0.15) is 36.7 Å². The molecule has 1 aliphatic heterocycles. The molecule has 3 amide bonds. The summed E-state index contributed by atoms with van der Waals surface area (Å²) in [6, 6.07) is 8.15. The number of fused-ring (bicyclic) bond motifs is 1. The second kappa shape index (κ2) is 11.7. The number of likely N-dealkylation sites (N-methyl/N-ethyl adjacent to an activating group) is 1. The third kappa shape index (κ3) is 6.30. The van der Waals surface area contributed by atoms with Crippen LogP contribution < -0.4 is 14.8 Å². The second-order valence-electron chi connectivity index (χ2n) is 8.78. The molecule has 2 heterocycles. The minimum absolute atomic E-state index is 0.130. The summed E-state index contributed by atoms with van der Waals surface area (Å²) >= 11 is 0. The zero-order valence-electron chi connectivity index (χ0n) is 20.9. The summed E-state index contributed by atoms with van der Waals surface area (Å²) in [5, 5.41) is 12.6. The number of aliphatic hydroxyl groups excluding tert-OH is 1. The summed E-state index contributed by atoms with van der Waals surface area (Å²) in [5.74, 6) is 0.553. The van der Waals surface area contributed by atoms with Crippen LogP contribution in [0.4, 0.5) is 10.5 Å². The normalized spacial score (nSPS) is 18.8. The Labute approximate surface area is 206 Å². The molecule has 0 saturated carbocycles. The van der Waals surface area contributed by atoms with Gasteiger partial charge in [0.25, 0.3) is 5.91 Å². The number of carbonyl (C=O) groups is 2. The molecule has 0 saturated heterocycles. The standard InChI is InChI=1S/C26H34N4O5/c1-6-7-19-12-22-24(27-13-19)35-23(17(2)14-30(25(22)32)18(3)16-31)15-29(4)26(33)28-20-8-10-21(34-5)11-9-20/h6-13,17-18,23,31H,14-16H2,1-5H3,(H,28,33)/b7-6+/t17-,18+,23+/m1/s1. The molecule has 1 aromatic heterocycles. The molecule has 35 heavy (non-hydrogen) atoms. The number of urea groups is 1. The first-order valence-corrected chi connectivity index (χ1v) is 11.6. The molecule has 0 bridgehead atoms. The molecule has 3 rings (SSSR count). The van der Waals surface area contributed by atoms with E-state index in [4.69, 9.17) is 9.47 Å². The number of ether oxygens (including phenoxy) is 2. The van der Waals surface area contributed by atoms with Crippen molar-refractivity contribution in [2.75, 3.05) is 39.2 Å². The maximum absolute atomic E-state index is 13.4. The first kappa shape index (κ1) is 26.0. The van der Waals surface area contributed by atoms with Crippen LogP contribution in [0.3, 0.4) is 0 Å². The summed E-state index contributed by atoms with van der Waals surface area (Å²) in [6.45, 7) is 6.14. The highest BCUT2D eigenvalue weighted by molar-refractivity contribution is 5.97. The smallest absolute Gasteiger partial charge is 0.321 e. The van der Waals surface area contributed by atoms with Gasteiger partial charge in [-0.25, -0.2) is 9.78 Å². The van der Waals surface area contributed by atoms with Gasteiger partial charge in [0.1, 0.15) is 17.4 Å². The summed E-state index contributed by atoms with van der Waals surface area (Å²) in [4.78, 5) is 33.8. The van der Waals surface area contributed by atoms with Gasteiger partial charge < -0.3 is 29.7 Å². The van der Waals surface area contributed by atoms with Crippen molar-refractivity contribution in [3.05, 3.63) is 53.7 Å². The van der Waals surface area contributed by atoms with E-state index in [2.05, 4.69) is 10.3 Å². The lowest BCUT2D eigenvalue weighted by Crippen LogP contribution is -2.50. The topological polar surface area (TPSA) is 104 Å². The number of aromatic nitrogens is 1. The zero-order chi connectivity index (χ0) is 25.5. The van der Waals surface area contributed by atoms with Crippen LogP contribution in [-0.4, -0.2) is 77.8 Å². The molecule has 0 radical (unpaired) electrons. The van der Waals surface area contributed by atoms with E-state index in [-0.39, 0.29) is 42.9 Å². The summed E-state index contributed by atoms with van der Waals surface area (Å²) < 4.78 is 11.4. The molecule has 0 unspecified atom stereocenters. The lowest BCUT2D eigenvalue weighted by Gasteiger charge is -2.37. The van der Waals surface area contributed by atoms with Crippen LogP contribution in [0.25, 0.3) is 6.08 Å². The van der Waals surface area contributed by atoms with Gasteiger partial charge in [-0.05, 0) is 49.7 Å². The molecule has 9 heteroatoms. The van der Waals surface area contributed by atoms with Crippen LogP contribution in [0, 0.1) is 5.92 Å². The van der Waals surface area contributed by atoms with Crippen molar-refractivity contribution < 1.29 is 24.2 Å². The molecular weight excluding hydrogens is 448 g/mol. The summed E-state index contributed by atoms with van der Waals surface area (Å²) in [6.07, 6.45) is 4.95. The Morgan fingerprint density at radius 2 is 2.11 bits per heavy atom. The Kier molecular flexibility index (Phi) is 8.70. The molecule has 9 nitrogen and oxygen atoms in total. The van der Waals surface area contributed by atoms with E-state index in [0.717, 1.165) is 5.56 Å². The molecule has 1 aliphatic rings. The van der Waals surface area contributed by atoms with Crippen molar-refractivity contribution in [2.24, 2.45) is 5.92 Å². The van der Waals surface area contributed by atoms with Crippen molar-refractivity contribution in [2.45, 2.75) is 32.9 Å². The number of benzene rings is 1. The van der Waals surface area contributed by atoms with Crippen molar-refractivity contribution in [1.82, 2.24) is 14.8 Å². The Balaban J connectivity index is 1.83. The van der Waals surface area contributed by atoms with Gasteiger partial charge in [-0.15, -0.1) is 0 Å². The fraction of sp³-hybridized carbons (Fsp3) is 0.423. The number of nitrogens with zero attached hydrogens (tertiary/aromatic N) is 3. The number of nitrogens with one attached hydrogen (secondary N) is 1. The molecule has 188 valence electrons. The number of allylic oxidation sites excluding steroid dienone is 1. The number of pyridine rings is 1. The maximum Gasteiger partial charge on any atom is 0.321 e. The Hall–Kier alpha value is -3.59. The molecule has 3 atom stereocenters. The number of anilines is 1. The Morgan fingerprint density at radius 3 is 2.74 bits per heavy atom. The largest absolute Gasteiger partial charge is 0.497 e. The lowest BCUT2D eigenvalue weighted by molar-refractivity contribution is 0.0356. The number of hydrogen-bond acceptors (Lipinski definition) is 6. The minimum atomic E-state index is -0.429. The SMILES string of the molecule is C/C=C/c1cnc2c(c1)C(=O)N([C@@H](C)CO)C[C@@H](C)[C@H](CN(C)C(=O)Nc1ccc(OC)cc1)O2. The highest BCUT2D eigenvalue weighted by Gasteiger charge is 2.34. The van der Waals surface area contributed by atoms with Gasteiger partial charge >= 0.3 is 6.03 Å². The second-order valence-corrected chi connectivity index (χ2v) is 8.78. The lowest BCUT2D eigenvalue weighted by atomic mass is 10.00. The van der Waals surface area contributed by atoms with Crippen LogP contribution >= 0.6 is 0 Å². The van der Waals surface area contributed by atoms with E-state index in [9.17, 15) is 14.7 Å². The number of carbonyl (C=O) groups excluding carboxylic acids is 2. The van der Waals surface area contributed by atoms with Crippen molar-refractivity contribution in [3.8, 4) is 11.6 Å². The predicted octanol–water partition coefficient (Wildman–Crippen LogP) is 3.51. The molecular formula is C26H34N4O5. The average Bonchev–Trinajstić information content (AvgIpc) is 2.86. The predicted molar refractivity (Wildman–Crippen MR) is 135 cm³/mol. The van der Waals surface area contributed by atoms with E-state index in [0.29, 0.717) is 23.5 Å². The quantitative estimate of drug-likeness (QED) is 0.626. The van der Waals surface area contributed by atoms with E-state index in [1.165, 1.54) is 0 Å². The number of rotatable bonds is 7. The maximum atomic E-state index is 13.4. The van der Waals surface area contributed by atoms with Gasteiger partial charge in [0.05, 0.1) is 26.3 Å². The van der Waals surface area contributed by atoms with Gasteiger partial charge in [0.2, 0.25) is 5.88 Å². The monoisotopic (exact) mass is 482 g/mol. The number of aliphatic hydroxyl groups is 1. The first-order valence-electron chi connectivity index (χ1n) is 11.6. The molecule has 0 aliphatic carbocycles. The van der Waals surface area contributed by atoms with Crippen LogP contribution in [0.15, 0.2) is 42.6 Å². The van der Waals surface area contributed by atoms with E-state index in [1.54, 1.807) is 67.4 Å². The van der Waals surface area contributed by atoms with Crippen molar-refractivity contribution in [3.63, 3.8) is 0 Å². The molecule has 0 spiro atoms. The highest BCUT2D eigenvalue weighted by Crippen LogP contribution is 2.28. The first-order chi connectivity index (χ1) is 16.8. The van der Waals surface area contributed by atoms with Crippen LogP contribution in [0.5, 0.6) is 11.6 Å². The fourth-order valence-corrected chi connectivity index (χ4v) is 3.87. The summed E-state index contributed by atoms with van der Waals surface area (Å²) in [5.41, 5.74) is 1.76. The van der Waals surface area contributed by atoms with Gasteiger partial charge in [-0.1, -0.05) is 19.1 Å². The van der Waals surface area contributed by atoms with E-state index >= 15 is 0 Å². The molecule has 2 aromatic rings. The third-order valence-electron chi connectivity index (χ3n) is 6.04.